The highest BCUT2D eigenvalue weighted by Gasteiger charge is 2.36. The Kier molecular flexibility index (Phi) is 3.19. The summed E-state index contributed by atoms with van der Waals surface area (Å²) in [4.78, 5) is 5.46. The van der Waals surface area contributed by atoms with Crippen molar-refractivity contribution in [3.63, 3.8) is 0 Å². The van der Waals surface area contributed by atoms with Gasteiger partial charge >= 0.3 is 0 Å². The van der Waals surface area contributed by atoms with E-state index in [4.69, 9.17) is 0 Å². The molecule has 0 amide bonds. The van der Waals surface area contributed by atoms with Gasteiger partial charge in [0.05, 0.1) is 5.51 Å². The lowest BCUT2D eigenvalue weighted by molar-refractivity contribution is 0.535. The first-order chi connectivity index (χ1) is 6.81. The molecule has 1 fully saturated rings. The maximum Gasteiger partial charge on any atom is 0.0794 e. The van der Waals surface area contributed by atoms with Crippen LogP contribution in [-0.2, 0) is 0 Å². The van der Waals surface area contributed by atoms with Crippen molar-refractivity contribution < 1.29 is 0 Å². The van der Waals surface area contributed by atoms with Gasteiger partial charge in [0.1, 0.15) is 0 Å². The molecule has 0 saturated heterocycles. The zero-order valence-electron chi connectivity index (χ0n) is 8.86. The molecule has 1 aromatic heterocycles. The maximum absolute atomic E-state index is 4.10. The molecule has 1 N–H and O–H groups in total. The summed E-state index contributed by atoms with van der Waals surface area (Å²) < 4.78 is 0. The van der Waals surface area contributed by atoms with Gasteiger partial charge in [-0.05, 0) is 25.7 Å². The van der Waals surface area contributed by atoms with Gasteiger partial charge in [-0.3, -0.25) is 4.98 Å². The first-order valence-electron chi connectivity index (χ1n) is 5.45. The lowest BCUT2D eigenvalue weighted by Crippen LogP contribution is -2.21. The van der Waals surface area contributed by atoms with Crippen molar-refractivity contribution in [2.24, 2.45) is 5.92 Å². The Labute approximate surface area is 89.8 Å². The minimum atomic E-state index is 0.481. The number of aromatic nitrogens is 1. The number of rotatable bonds is 5. The fraction of sp³-hybridized carbons (Fsp3) is 0.727. The Morgan fingerprint density at radius 2 is 2.57 bits per heavy atom. The van der Waals surface area contributed by atoms with E-state index in [2.05, 4.69) is 24.1 Å². The molecule has 1 saturated carbocycles. The van der Waals surface area contributed by atoms with Gasteiger partial charge in [0, 0.05) is 23.2 Å². The predicted molar refractivity (Wildman–Crippen MR) is 60.5 cm³/mol. The van der Waals surface area contributed by atoms with E-state index in [0.29, 0.717) is 6.04 Å². The van der Waals surface area contributed by atoms with E-state index in [1.165, 1.54) is 24.1 Å². The van der Waals surface area contributed by atoms with Crippen molar-refractivity contribution >= 4 is 11.3 Å². The minimum Gasteiger partial charge on any atom is -0.306 e. The first-order valence-corrected chi connectivity index (χ1v) is 6.33. The third-order valence-corrected chi connectivity index (χ3v) is 3.88. The fourth-order valence-corrected chi connectivity index (χ4v) is 2.62. The highest BCUT2D eigenvalue weighted by molar-refractivity contribution is 7.09. The fourth-order valence-electron chi connectivity index (χ4n) is 1.98. The molecule has 0 aliphatic heterocycles. The third-order valence-electron chi connectivity index (χ3n) is 2.92. The molecule has 1 aliphatic carbocycles. The third kappa shape index (κ3) is 2.34. The van der Waals surface area contributed by atoms with Crippen LogP contribution in [0.25, 0.3) is 0 Å². The quantitative estimate of drug-likeness (QED) is 0.808. The number of hydrogen-bond acceptors (Lipinski definition) is 3. The SMILES string of the molecule is CCCC1CC1NC(C)c1cncs1. The molecule has 2 nitrogen and oxygen atoms in total. The summed E-state index contributed by atoms with van der Waals surface area (Å²) in [6.07, 6.45) is 6.04. The second-order valence-corrected chi connectivity index (χ2v) is 5.10. The van der Waals surface area contributed by atoms with Crippen LogP contribution in [0.4, 0.5) is 0 Å². The Balaban J connectivity index is 1.77. The standard InChI is InChI=1S/C11H18N2S/c1-3-4-9-5-10(9)13-8(2)11-6-12-7-14-11/h6-10,13H,3-5H2,1-2H3. The number of thiazole rings is 1. The molecule has 3 unspecified atom stereocenters. The van der Waals surface area contributed by atoms with E-state index in [1.54, 1.807) is 11.3 Å². The van der Waals surface area contributed by atoms with Crippen LogP contribution in [0.2, 0.25) is 0 Å². The van der Waals surface area contributed by atoms with Gasteiger partial charge < -0.3 is 5.32 Å². The number of nitrogens with one attached hydrogen (secondary N) is 1. The Morgan fingerprint density at radius 3 is 3.21 bits per heavy atom. The van der Waals surface area contributed by atoms with Crippen molar-refractivity contribution in [2.75, 3.05) is 0 Å². The van der Waals surface area contributed by atoms with Gasteiger partial charge in [-0.2, -0.15) is 0 Å². The van der Waals surface area contributed by atoms with Crippen LogP contribution < -0.4 is 5.32 Å². The summed E-state index contributed by atoms with van der Waals surface area (Å²) in [7, 11) is 0. The zero-order valence-corrected chi connectivity index (χ0v) is 9.68. The summed E-state index contributed by atoms with van der Waals surface area (Å²) >= 11 is 1.74. The topological polar surface area (TPSA) is 24.9 Å². The van der Waals surface area contributed by atoms with E-state index in [-0.39, 0.29) is 0 Å². The van der Waals surface area contributed by atoms with Gasteiger partial charge in [-0.15, -0.1) is 11.3 Å². The molecule has 0 aromatic carbocycles. The number of nitrogens with zero attached hydrogens (tertiary/aromatic N) is 1. The molecule has 3 heteroatoms. The Bertz CT molecular complexity index is 271. The smallest absolute Gasteiger partial charge is 0.0794 e. The van der Waals surface area contributed by atoms with Gasteiger partial charge in [0.2, 0.25) is 0 Å². The minimum absolute atomic E-state index is 0.481. The molecule has 78 valence electrons. The molecule has 3 atom stereocenters. The van der Waals surface area contributed by atoms with E-state index in [1.807, 2.05) is 11.7 Å². The maximum atomic E-state index is 4.10. The lowest BCUT2D eigenvalue weighted by Gasteiger charge is -2.10. The molecule has 14 heavy (non-hydrogen) atoms. The summed E-state index contributed by atoms with van der Waals surface area (Å²) in [6, 6.07) is 1.25. The zero-order chi connectivity index (χ0) is 9.97. The van der Waals surface area contributed by atoms with E-state index in [9.17, 15) is 0 Å². The van der Waals surface area contributed by atoms with E-state index < -0.39 is 0 Å². The van der Waals surface area contributed by atoms with Crippen LogP contribution in [0.3, 0.4) is 0 Å². The van der Waals surface area contributed by atoms with Crippen LogP contribution in [0.5, 0.6) is 0 Å². The van der Waals surface area contributed by atoms with Crippen molar-refractivity contribution in [3.05, 3.63) is 16.6 Å². The second kappa shape index (κ2) is 4.41. The molecule has 1 aliphatic rings. The molecule has 0 radical (unpaired) electrons. The largest absolute Gasteiger partial charge is 0.306 e. The normalized spacial score (nSPS) is 27.6. The van der Waals surface area contributed by atoms with Gasteiger partial charge in [0.25, 0.3) is 0 Å². The Hall–Kier alpha value is -0.410. The highest BCUT2D eigenvalue weighted by Crippen LogP contribution is 2.36. The van der Waals surface area contributed by atoms with Gasteiger partial charge in [-0.1, -0.05) is 13.3 Å². The molecular weight excluding hydrogens is 192 g/mol. The predicted octanol–water partition coefficient (Wildman–Crippen LogP) is 2.98. The highest BCUT2D eigenvalue weighted by atomic mass is 32.1. The molecular formula is C11H18N2S. The Morgan fingerprint density at radius 1 is 1.71 bits per heavy atom. The van der Waals surface area contributed by atoms with Crippen LogP contribution >= 0.6 is 11.3 Å². The van der Waals surface area contributed by atoms with Crippen molar-refractivity contribution in [2.45, 2.75) is 45.2 Å². The molecule has 1 heterocycles. The van der Waals surface area contributed by atoms with Crippen molar-refractivity contribution in [1.29, 1.82) is 0 Å². The first kappa shape index (κ1) is 10.1. The van der Waals surface area contributed by atoms with E-state index >= 15 is 0 Å². The number of hydrogen-bond donors (Lipinski definition) is 1. The van der Waals surface area contributed by atoms with Crippen LogP contribution in [-0.4, -0.2) is 11.0 Å². The van der Waals surface area contributed by atoms with Gasteiger partial charge in [-0.25, -0.2) is 0 Å². The summed E-state index contributed by atoms with van der Waals surface area (Å²) in [5, 5.41) is 3.66. The average Bonchev–Trinajstić information content (AvgIpc) is 2.71. The molecule has 0 spiro atoms. The molecule has 1 aromatic rings. The van der Waals surface area contributed by atoms with Crippen LogP contribution in [0, 0.1) is 5.92 Å². The summed E-state index contributed by atoms with van der Waals surface area (Å²) in [6.45, 7) is 4.50. The molecule has 2 rings (SSSR count). The monoisotopic (exact) mass is 210 g/mol. The van der Waals surface area contributed by atoms with Gasteiger partial charge in [0.15, 0.2) is 0 Å². The van der Waals surface area contributed by atoms with Crippen LogP contribution in [0.15, 0.2) is 11.7 Å². The summed E-state index contributed by atoms with van der Waals surface area (Å²) in [5.41, 5.74) is 1.91. The lowest BCUT2D eigenvalue weighted by atomic mass is 10.2. The van der Waals surface area contributed by atoms with E-state index in [0.717, 1.165) is 12.0 Å². The average molecular weight is 210 g/mol. The van der Waals surface area contributed by atoms with Crippen molar-refractivity contribution in [3.8, 4) is 0 Å². The summed E-state index contributed by atoms with van der Waals surface area (Å²) in [5.74, 6) is 0.940. The van der Waals surface area contributed by atoms with Crippen molar-refractivity contribution in [1.82, 2.24) is 10.3 Å². The second-order valence-electron chi connectivity index (χ2n) is 4.18. The van der Waals surface area contributed by atoms with Crippen LogP contribution in [0.1, 0.15) is 44.0 Å². The molecule has 0 bridgehead atoms.